The van der Waals surface area contributed by atoms with Gasteiger partial charge in [0.15, 0.2) is 5.54 Å². The lowest BCUT2D eigenvalue weighted by atomic mass is 9.66. The summed E-state index contributed by atoms with van der Waals surface area (Å²) >= 11 is 1.79. The summed E-state index contributed by atoms with van der Waals surface area (Å²) in [6, 6.07) is 25.4. The highest BCUT2D eigenvalue weighted by Gasteiger charge is 2.81. The predicted molar refractivity (Wildman–Crippen MR) is 135 cm³/mol. The quantitative estimate of drug-likeness (QED) is 0.559. The SMILES string of the molecule is Cc1ccc([C@H]2C3CSCN3[C@@]3(C(=O)Nc4ccccc43)[C@]23N=C(c2ccccc2)OC3=O)cc1. The van der Waals surface area contributed by atoms with Crippen molar-refractivity contribution < 1.29 is 14.3 Å². The highest BCUT2D eigenvalue weighted by molar-refractivity contribution is 7.99. The summed E-state index contributed by atoms with van der Waals surface area (Å²) in [7, 11) is 0. The van der Waals surface area contributed by atoms with E-state index in [0.29, 0.717) is 5.88 Å². The van der Waals surface area contributed by atoms with Crippen LogP contribution in [-0.2, 0) is 19.9 Å². The second-order valence-corrected chi connectivity index (χ2v) is 10.6. The van der Waals surface area contributed by atoms with Crippen LogP contribution in [0.25, 0.3) is 0 Å². The van der Waals surface area contributed by atoms with Crippen LogP contribution in [0.3, 0.4) is 0 Å². The first-order valence-electron chi connectivity index (χ1n) is 11.8. The molecule has 0 radical (unpaired) electrons. The molecule has 0 saturated carbocycles. The molecule has 4 aliphatic heterocycles. The van der Waals surface area contributed by atoms with E-state index >= 15 is 0 Å². The number of amides is 1. The van der Waals surface area contributed by atoms with Crippen LogP contribution >= 0.6 is 11.8 Å². The van der Waals surface area contributed by atoms with Crippen molar-refractivity contribution >= 4 is 35.2 Å². The van der Waals surface area contributed by atoms with Gasteiger partial charge in [0.2, 0.25) is 11.4 Å². The maximum absolute atomic E-state index is 14.2. The molecule has 4 aliphatic rings. The van der Waals surface area contributed by atoms with E-state index in [0.717, 1.165) is 33.7 Å². The molecule has 7 heteroatoms. The van der Waals surface area contributed by atoms with Crippen LogP contribution in [0.2, 0.25) is 0 Å². The first kappa shape index (κ1) is 20.9. The Morgan fingerprint density at radius 1 is 1.00 bits per heavy atom. The summed E-state index contributed by atoms with van der Waals surface area (Å²) in [6.07, 6.45) is 0. The lowest BCUT2D eigenvalue weighted by Crippen LogP contribution is -2.62. The van der Waals surface area contributed by atoms with E-state index < -0.39 is 17.0 Å². The van der Waals surface area contributed by atoms with Gasteiger partial charge in [0, 0.05) is 40.4 Å². The van der Waals surface area contributed by atoms with Gasteiger partial charge in [0.1, 0.15) is 0 Å². The van der Waals surface area contributed by atoms with Crippen molar-refractivity contribution in [2.45, 2.75) is 30.0 Å². The third-order valence-electron chi connectivity index (χ3n) is 7.87. The number of aliphatic imine (C=N–C) groups is 1. The second-order valence-electron chi connectivity index (χ2n) is 9.57. The summed E-state index contributed by atoms with van der Waals surface area (Å²) < 4.78 is 5.97. The molecule has 3 aromatic carbocycles. The monoisotopic (exact) mass is 481 g/mol. The summed E-state index contributed by atoms with van der Waals surface area (Å²) in [6.45, 7) is 2.05. The molecule has 6 nitrogen and oxygen atoms in total. The van der Waals surface area contributed by atoms with Crippen LogP contribution < -0.4 is 5.32 Å². The smallest absolute Gasteiger partial charge is 0.344 e. The van der Waals surface area contributed by atoms with Crippen LogP contribution in [-0.4, -0.2) is 45.9 Å². The predicted octanol–water partition coefficient (Wildman–Crippen LogP) is 4.06. The van der Waals surface area contributed by atoms with Crippen LogP contribution in [0.1, 0.15) is 28.2 Å². The molecule has 0 bridgehead atoms. The number of para-hydroxylation sites is 1. The van der Waals surface area contributed by atoms with E-state index in [2.05, 4.69) is 34.5 Å². The van der Waals surface area contributed by atoms with Crippen molar-refractivity contribution in [3.63, 3.8) is 0 Å². The van der Waals surface area contributed by atoms with Gasteiger partial charge < -0.3 is 10.1 Å². The summed E-state index contributed by atoms with van der Waals surface area (Å²) in [5.74, 6) is 0.701. The van der Waals surface area contributed by atoms with Gasteiger partial charge in [0.25, 0.3) is 5.91 Å². The molecule has 35 heavy (non-hydrogen) atoms. The number of fused-ring (bicyclic) bond motifs is 5. The number of carbonyl (C=O) groups is 2. The number of rotatable bonds is 2. The Hall–Kier alpha value is -3.42. The molecule has 2 saturated heterocycles. The minimum absolute atomic E-state index is 0.0500. The first-order chi connectivity index (χ1) is 17.1. The van der Waals surface area contributed by atoms with Gasteiger partial charge in [-0.1, -0.05) is 66.2 Å². The largest absolute Gasteiger partial charge is 0.405 e. The molecule has 0 aromatic heterocycles. The number of hydrogen-bond acceptors (Lipinski definition) is 6. The summed E-state index contributed by atoms with van der Waals surface area (Å²) in [4.78, 5) is 35.7. The number of hydrogen-bond donors (Lipinski definition) is 1. The average Bonchev–Trinajstić information content (AvgIpc) is 3.60. The Labute approximate surface area is 207 Å². The number of aryl methyl sites for hydroxylation is 1. The molecule has 1 N–H and O–H groups in total. The van der Waals surface area contributed by atoms with E-state index in [4.69, 9.17) is 9.73 Å². The molecule has 174 valence electrons. The third-order valence-corrected chi connectivity index (χ3v) is 8.90. The van der Waals surface area contributed by atoms with Crippen molar-refractivity contribution in [2.75, 3.05) is 16.9 Å². The normalized spacial score (nSPS) is 30.9. The zero-order valence-electron chi connectivity index (χ0n) is 19.1. The van der Waals surface area contributed by atoms with E-state index in [9.17, 15) is 9.59 Å². The highest BCUT2D eigenvalue weighted by atomic mass is 32.2. The standard InChI is InChI=1S/C28H23N3O3S/c1-17-11-13-18(14-12-17)23-22-15-35-16-31(22)28(20-9-5-6-10-21(20)29-25(28)32)27(23)26(33)34-24(30-27)19-7-3-2-4-8-19/h2-14,22-23H,15-16H2,1H3,(H,29,32)/t22?,23-,27-,28-/m0/s1. The number of nitrogens with one attached hydrogen (secondary N) is 1. The molecule has 7 rings (SSSR count). The minimum Gasteiger partial charge on any atom is -0.405 e. The lowest BCUT2D eigenvalue weighted by molar-refractivity contribution is -0.147. The lowest BCUT2D eigenvalue weighted by Gasteiger charge is -2.40. The van der Waals surface area contributed by atoms with Crippen LogP contribution in [0.5, 0.6) is 0 Å². The van der Waals surface area contributed by atoms with Gasteiger partial charge in [-0.3, -0.25) is 9.69 Å². The van der Waals surface area contributed by atoms with Crippen molar-refractivity contribution in [3.8, 4) is 0 Å². The Kier molecular flexibility index (Phi) is 4.36. The summed E-state index contributed by atoms with van der Waals surface area (Å²) in [5, 5.41) is 3.08. The number of cyclic esters (lactones) is 1. The zero-order valence-corrected chi connectivity index (χ0v) is 19.9. The van der Waals surface area contributed by atoms with E-state index in [1.54, 1.807) is 11.8 Å². The third kappa shape index (κ3) is 2.52. The Balaban J connectivity index is 1.56. The number of thioether (sulfide) groups is 1. The number of nitrogens with zero attached hydrogens (tertiary/aromatic N) is 2. The molecule has 4 heterocycles. The Morgan fingerprint density at radius 2 is 1.74 bits per heavy atom. The van der Waals surface area contributed by atoms with E-state index in [1.165, 1.54) is 0 Å². The van der Waals surface area contributed by atoms with Gasteiger partial charge in [-0.2, -0.15) is 0 Å². The van der Waals surface area contributed by atoms with Crippen molar-refractivity contribution in [1.82, 2.24) is 4.90 Å². The molecule has 2 fully saturated rings. The van der Waals surface area contributed by atoms with Crippen molar-refractivity contribution in [3.05, 3.63) is 101 Å². The van der Waals surface area contributed by atoms with Crippen LogP contribution in [0.4, 0.5) is 5.69 Å². The number of carbonyl (C=O) groups excluding carboxylic acids is 2. The number of ether oxygens (including phenoxy) is 1. The fourth-order valence-corrected chi connectivity index (χ4v) is 7.77. The maximum Gasteiger partial charge on any atom is 0.344 e. The molecule has 2 spiro atoms. The second kappa shape index (κ2) is 7.29. The topological polar surface area (TPSA) is 71.0 Å². The van der Waals surface area contributed by atoms with Crippen LogP contribution in [0.15, 0.2) is 83.9 Å². The van der Waals surface area contributed by atoms with Gasteiger partial charge in [-0.15, -0.1) is 11.8 Å². The Bertz CT molecular complexity index is 1410. The minimum atomic E-state index is -1.45. The molecule has 1 amide bonds. The van der Waals surface area contributed by atoms with Gasteiger partial charge in [-0.05, 0) is 30.7 Å². The average molecular weight is 482 g/mol. The van der Waals surface area contributed by atoms with Crippen LogP contribution in [0, 0.1) is 6.92 Å². The van der Waals surface area contributed by atoms with Gasteiger partial charge in [0.05, 0.1) is 0 Å². The molecule has 0 aliphatic carbocycles. The van der Waals surface area contributed by atoms with Crippen molar-refractivity contribution in [2.24, 2.45) is 4.99 Å². The Morgan fingerprint density at radius 3 is 2.54 bits per heavy atom. The molecule has 4 atom stereocenters. The van der Waals surface area contributed by atoms with E-state index in [1.807, 2.05) is 61.5 Å². The highest BCUT2D eigenvalue weighted by Crippen LogP contribution is 2.65. The number of anilines is 1. The number of esters is 1. The maximum atomic E-state index is 14.2. The summed E-state index contributed by atoms with van der Waals surface area (Å²) in [5.41, 5.74) is 1.65. The van der Waals surface area contributed by atoms with E-state index in [-0.39, 0.29) is 23.8 Å². The fourth-order valence-electron chi connectivity index (χ4n) is 6.47. The van der Waals surface area contributed by atoms with Crippen molar-refractivity contribution in [1.29, 1.82) is 0 Å². The first-order valence-corrected chi connectivity index (χ1v) is 12.9. The number of benzene rings is 3. The van der Waals surface area contributed by atoms with Gasteiger partial charge >= 0.3 is 5.97 Å². The molecular formula is C28H23N3O3S. The molecule has 3 aromatic rings. The molecule has 1 unspecified atom stereocenters. The fraction of sp³-hybridized carbons (Fsp3) is 0.250. The molecular weight excluding hydrogens is 458 g/mol. The zero-order chi connectivity index (χ0) is 23.8. The van der Waals surface area contributed by atoms with Gasteiger partial charge in [-0.25, -0.2) is 9.79 Å².